The van der Waals surface area contributed by atoms with Crippen LogP contribution in [0.3, 0.4) is 0 Å². The molecule has 3 rings (SSSR count). The zero-order chi connectivity index (χ0) is 13.2. The number of hydrogen-bond acceptors (Lipinski definition) is 4. The van der Waals surface area contributed by atoms with Gasteiger partial charge in [0, 0.05) is 13.1 Å². The number of aliphatic hydroxyl groups is 1. The van der Waals surface area contributed by atoms with Crippen LogP contribution in [0.2, 0.25) is 5.15 Å². The average molecular weight is 295 g/mol. The van der Waals surface area contributed by atoms with Gasteiger partial charge in [0.1, 0.15) is 5.15 Å². The Bertz CT molecular complexity index is 558. The molecule has 0 atom stereocenters. The summed E-state index contributed by atoms with van der Waals surface area (Å²) in [4.78, 5) is 7.37. The maximum Gasteiger partial charge on any atom is 0.187 e. The maximum absolute atomic E-state index is 9.20. The van der Waals surface area contributed by atoms with Gasteiger partial charge in [0.2, 0.25) is 0 Å². The molecule has 0 unspecified atom stereocenters. The molecule has 0 aliphatic carbocycles. The molecule has 1 aromatic heterocycles. The van der Waals surface area contributed by atoms with Gasteiger partial charge in [0.05, 0.1) is 11.5 Å². The fraction of sp³-hybridized carbons (Fsp3) is 0.357. The first-order valence-electron chi connectivity index (χ1n) is 6.35. The summed E-state index contributed by atoms with van der Waals surface area (Å²) in [7, 11) is 0. The Kier molecular flexibility index (Phi) is 3.73. The lowest BCUT2D eigenvalue weighted by atomic mass is 10.0. The molecule has 0 fully saturated rings. The molecule has 0 spiro atoms. The number of anilines is 1. The minimum absolute atomic E-state index is 0.0371. The van der Waals surface area contributed by atoms with E-state index in [0.717, 1.165) is 35.9 Å². The van der Waals surface area contributed by atoms with Crippen LogP contribution >= 0.6 is 22.9 Å². The standard InChI is InChI=1S/C14H15ClN2OS/c15-13-12(9-18)19-14(16-13)17-7-5-10-3-1-2-4-11(10)6-8-17/h1-4,18H,5-9H2. The van der Waals surface area contributed by atoms with Crippen LogP contribution in [-0.4, -0.2) is 23.2 Å². The molecule has 5 heteroatoms. The lowest BCUT2D eigenvalue weighted by Crippen LogP contribution is -2.25. The van der Waals surface area contributed by atoms with E-state index in [-0.39, 0.29) is 6.61 Å². The molecule has 0 saturated carbocycles. The largest absolute Gasteiger partial charge is 0.391 e. The third kappa shape index (κ3) is 2.61. The maximum atomic E-state index is 9.20. The van der Waals surface area contributed by atoms with Crippen LogP contribution in [-0.2, 0) is 19.4 Å². The molecule has 1 aromatic carbocycles. The van der Waals surface area contributed by atoms with Gasteiger partial charge in [0.25, 0.3) is 0 Å². The summed E-state index contributed by atoms with van der Waals surface area (Å²) in [5.41, 5.74) is 2.85. The number of aromatic nitrogens is 1. The van der Waals surface area contributed by atoms with Crippen molar-refractivity contribution in [2.24, 2.45) is 0 Å². The van der Waals surface area contributed by atoms with Crippen molar-refractivity contribution in [2.45, 2.75) is 19.4 Å². The summed E-state index contributed by atoms with van der Waals surface area (Å²) >= 11 is 7.49. The van der Waals surface area contributed by atoms with Crippen molar-refractivity contribution >= 4 is 28.1 Å². The van der Waals surface area contributed by atoms with Crippen molar-refractivity contribution in [2.75, 3.05) is 18.0 Å². The number of aliphatic hydroxyl groups excluding tert-OH is 1. The number of fused-ring (bicyclic) bond motifs is 1. The van der Waals surface area contributed by atoms with E-state index in [1.165, 1.54) is 22.5 Å². The van der Waals surface area contributed by atoms with Crippen molar-refractivity contribution < 1.29 is 5.11 Å². The topological polar surface area (TPSA) is 36.4 Å². The van der Waals surface area contributed by atoms with Crippen LogP contribution in [0.1, 0.15) is 16.0 Å². The molecule has 1 N–H and O–H groups in total. The van der Waals surface area contributed by atoms with E-state index in [0.29, 0.717) is 5.15 Å². The third-order valence-corrected chi connectivity index (χ3v) is 5.00. The van der Waals surface area contributed by atoms with Gasteiger partial charge >= 0.3 is 0 Å². The summed E-state index contributed by atoms with van der Waals surface area (Å²) in [5.74, 6) is 0. The fourth-order valence-electron chi connectivity index (χ4n) is 2.41. The highest BCUT2D eigenvalue weighted by Crippen LogP contribution is 2.31. The Balaban J connectivity index is 1.81. The van der Waals surface area contributed by atoms with Crippen molar-refractivity contribution in [3.8, 4) is 0 Å². The van der Waals surface area contributed by atoms with E-state index in [9.17, 15) is 5.11 Å². The zero-order valence-electron chi connectivity index (χ0n) is 10.5. The van der Waals surface area contributed by atoms with Gasteiger partial charge in [-0.1, -0.05) is 47.2 Å². The SMILES string of the molecule is OCc1sc(N2CCc3ccccc3CC2)nc1Cl. The molecule has 100 valence electrons. The molecular weight excluding hydrogens is 280 g/mol. The normalized spacial score (nSPS) is 15.2. The first kappa shape index (κ1) is 12.9. The molecule has 0 radical (unpaired) electrons. The lowest BCUT2D eigenvalue weighted by molar-refractivity contribution is 0.285. The Hall–Kier alpha value is -1.10. The number of benzene rings is 1. The smallest absolute Gasteiger partial charge is 0.187 e. The predicted molar refractivity (Wildman–Crippen MR) is 79.1 cm³/mol. The second-order valence-corrected chi connectivity index (χ2v) is 6.04. The second-order valence-electron chi connectivity index (χ2n) is 4.62. The van der Waals surface area contributed by atoms with E-state index in [1.807, 2.05) is 0 Å². The first-order chi connectivity index (χ1) is 9.28. The summed E-state index contributed by atoms with van der Waals surface area (Å²) < 4.78 is 0. The van der Waals surface area contributed by atoms with Crippen molar-refractivity contribution in [3.63, 3.8) is 0 Å². The predicted octanol–water partition coefficient (Wildman–Crippen LogP) is 2.89. The Morgan fingerprint density at radius 1 is 1.21 bits per heavy atom. The Labute approximate surface area is 121 Å². The van der Waals surface area contributed by atoms with Crippen molar-refractivity contribution in [3.05, 3.63) is 45.4 Å². The molecule has 0 bridgehead atoms. The highest BCUT2D eigenvalue weighted by atomic mass is 35.5. The molecule has 3 nitrogen and oxygen atoms in total. The minimum Gasteiger partial charge on any atom is -0.391 e. The average Bonchev–Trinajstić information content (AvgIpc) is 2.68. The lowest BCUT2D eigenvalue weighted by Gasteiger charge is -2.18. The number of nitrogens with zero attached hydrogens (tertiary/aromatic N) is 2. The molecule has 2 aromatic rings. The molecular formula is C14H15ClN2OS. The van der Waals surface area contributed by atoms with Gasteiger partial charge in [-0.3, -0.25) is 0 Å². The second kappa shape index (κ2) is 5.49. The number of hydrogen-bond donors (Lipinski definition) is 1. The molecule has 1 aliphatic heterocycles. The number of thiazole rings is 1. The first-order valence-corrected chi connectivity index (χ1v) is 7.55. The van der Waals surface area contributed by atoms with Gasteiger partial charge in [-0.25, -0.2) is 4.98 Å². The van der Waals surface area contributed by atoms with E-state index in [2.05, 4.69) is 34.1 Å². The molecule has 2 heterocycles. The molecule has 0 saturated heterocycles. The van der Waals surface area contributed by atoms with E-state index >= 15 is 0 Å². The highest BCUT2D eigenvalue weighted by Gasteiger charge is 2.18. The van der Waals surface area contributed by atoms with E-state index in [4.69, 9.17) is 11.6 Å². The van der Waals surface area contributed by atoms with Gasteiger partial charge in [-0.2, -0.15) is 0 Å². The molecule has 0 amide bonds. The van der Waals surface area contributed by atoms with E-state index < -0.39 is 0 Å². The Morgan fingerprint density at radius 3 is 2.37 bits per heavy atom. The van der Waals surface area contributed by atoms with Crippen molar-refractivity contribution in [1.29, 1.82) is 0 Å². The van der Waals surface area contributed by atoms with Crippen LogP contribution in [0.5, 0.6) is 0 Å². The quantitative estimate of drug-likeness (QED) is 0.925. The van der Waals surface area contributed by atoms with Gasteiger partial charge in [-0.15, -0.1) is 0 Å². The highest BCUT2D eigenvalue weighted by molar-refractivity contribution is 7.16. The molecule has 19 heavy (non-hydrogen) atoms. The van der Waals surface area contributed by atoms with Crippen molar-refractivity contribution in [1.82, 2.24) is 4.98 Å². The van der Waals surface area contributed by atoms with Crippen LogP contribution in [0, 0.1) is 0 Å². The summed E-state index contributed by atoms with van der Waals surface area (Å²) in [6, 6.07) is 8.59. The van der Waals surface area contributed by atoms with Gasteiger partial charge in [-0.05, 0) is 24.0 Å². The number of halogens is 1. The van der Waals surface area contributed by atoms with Crippen LogP contribution in [0.15, 0.2) is 24.3 Å². The van der Waals surface area contributed by atoms with Gasteiger partial charge < -0.3 is 10.0 Å². The number of rotatable bonds is 2. The summed E-state index contributed by atoms with van der Waals surface area (Å²) in [6.45, 7) is 1.86. The van der Waals surface area contributed by atoms with Crippen LogP contribution in [0.4, 0.5) is 5.13 Å². The van der Waals surface area contributed by atoms with Gasteiger partial charge in [0.15, 0.2) is 5.13 Å². The molecule has 1 aliphatic rings. The van der Waals surface area contributed by atoms with Crippen LogP contribution in [0.25, 0.3) is 0 Å². The third-order valence-electron chi connectivity index (χ3n) is 3.47. The van der Waals surface area contributed by atoms with E-state index in [1.54, 1.807) is 0 Å². The van der Waals surface area contributed by atoms with Crippen LogP contribution < -0.4 is 4.90 Å². The Morgan fingerprint density at radius 2 is 1.84 bits per heavy atom. The summed E-state index contributed by atoms with van der Waals surface area (Å²) in [6.07, 6.45) is 2.06. The minimum atomic E-state index is -0.0371. The monoisotopic (exact) mass is 294 g/mol. The summed E-state index contributed by atoms with van der Waals surface area (Å²) in [5, 5.41) is 10.5. The zero-order valence-corrected chi connectivity index (χ0v) is 12.0. The fourth-order valence-corrected chi connectivity index (χ4v) is 3.58.